The van der Waals surface area contributed by atoms with Crippen LogP contribution >= 0.6 is 11.8 Å². The molecular weight excluding hydrogens is 420 g/mol. The number of H-pyrrole nitrogens is 1. The molecule has 2 aliphatic heterocycles. The zero-order valence-electron chi connectivity index (χ0n) is 18.3. The Morgan fingerprint density at radius 2 is 1.75 bits per heavy atom. The predicted octanol–water partition coefficient (Wildman–Crippen LogP) is 3.84. The first-order valence-electron chi connectivity index (χ1n) is 11.2. The average molecular weight is 449 g/mol. The van der Waals surface area contributed by atoms with Crippen molar-refractivity contribution in [3.8, 4) is 0 Å². The monoisotopic (exact) mass is 448 g/mol. The van der Waals surface area contributed by atoms with Crippen LogP contribution in [0.2, 0.25) is 0 Å². The second-order valence-corrected chi connectivity index (χ2v) is 10.0. The number of anilines is 1. The van der Waals surface area contributed by atoms with E-state index in [-0.39, 0.29) is 11.8 Å². The van der Waals surface area contributed by atoms with Crippen LogP contribution in [-0.2, 0) is 4.79 Å². The highest BCUT2D eigenvalue weighted by Crippen LogP contribution is 2.37. The van der Waals surface area contributed by atoms with Gasteiger partial charge in [-0.15, -0.1) is 11.8 Å². The van der Waals surface area contributed by atoms with Gasteiger partial charge in [0, 0.05) is 53.8 Å². The molecule has 0 bridgehead atoms. The SMILES string of the molecule is CC1CCN(C(=O)CN2CCN(C(=O)c3cc4ccccc4[nH]3)CC2)c2ccccc2S1. The molecule has 5 rings (SSSR count). The number of carbonyl (C=O) groups excluding carboxylic acids is 2. The van der Waals surface area contributed by atoms with Crippen LogP contribution in [0.25, 0.3) is 10.9 Å². The molecule has 2 aromatic carbocycles. The summed E-state index contributed by atoms with van der Waals surface area (Å²) in [5.74, 6) is 0.169. The molecule has 1 N–H and O–H groups in total. The molecule has 2 aliphatic rings. The van der Waals surface area contributed by atoms with E-state index in [0.29, 0.717) is 43.7 Å². The molecule has 1 aromatic heterocycles. The second kappa shape index (κ2) is 9.00. The summed E-state index contributed by atoms with van der Waals surface area (Å²) in [5.41, 5.74) is 2.63. The highest BCUT2D eigenvalue weighted by molar-refractivity contribution is 8.00. The minimum Gasteiger partial charge on any atom is -0.351 e. The number of fused-ring (bicyclic) bond motifs is 2. The molecule has 0 saturated carbocycles. The summed E-state index contributed by atoms with van der Waals surface area (Å²) in [6.45, 7) is 6.04. The van der Waals surface area contributed by atoms with E-state index in [1.807, 2.05) is 64.0 Å². The topological polar surface area (TPSA) is 59.7 Å². The Kier molecular flexibility index (Phi) is 5.93. The van der Waals surface area contributed by atoms with Crippen LogP contribution in [0.4, 0.5) is 5.69 Å². The van der Waals surface area contributed by atoms with Crippen LogP contribution in [0.1, 0.15) is 23.8 Å². The summed E-state index contributed by atoms with van der Waals surface area (Å²) in [7, 11) is 0. The number of hydrogen-bond donors (Lipinski definition) is 1. The molecule has 3 heterocycles. The minimum atomic E-state index is 0.0274. The van der Waals surface area contributed by atoms with Crippen molar-refractivity contribution in [1.29, 1.82) is 0 Å². The third-order valence-corrected chi connectivity index (χ3v) is 7.56. The first-order valence-corrected chi connectivity index (χ1v) is 12.1. The van der Waals surface area contributed by atoms with Gasteiger partial charge in [0.15, 0.2) is 0 Å². The van der Waals surface area contributed by atoms with Gasteiger partial charge >= 0.3 is 0 Å². The van der Waals surface area contributed by atoms with Crippen LogP contribution in [0.15, 0.2) is 59.5 Å². The van der Waals surface area contributed by atoms with Gasteiger partial charge in [-0.2, -0.15) is 0 Å². The molecule has 0 aliphatic carbocycles. The van der Waals surface area contributed by atoms with Crippen molar-refractivity contribution in [1.82, 2.24) is 14.8 Å². The minimum absolute atomic E-state index is 0.0274. The molecule has 7 heteroatoms. The molecule has 0 spiro atoms. The summed E-state index contributed by atoms with van der Waals surface area (Å²) >= 11 is 1.85. The van der Waals surface area contributed by atoms with Crippen LogP contribution in [0, 0.1) is 0 Å². The van der Waals surface area contributed by atoms with Gasteiger partial charge in [0.05, 0.1) is 12.2 Å². The van der Waals surface area contributed by atoms with Crippen molar-refractivity contribution in [3.05, 3.63) is 60.3 Å². The van der Waals surface area contributed by atoms with Gasteiger partial charge in [-0.1, -0.05) is 37.3 Å². The van der Waals surface area contributed by atoms with Crippen molar-refractivity contribution in [2.45, 2.75) is 23.5 Å². The van der Waals surface area contributed by atoms with Crippen LogP contribution in [0.3, 0.4) is 0 Å². The lowest BCUT2D eigenvalue weighted by Gasteiger charge is -2.35. The molecular formula is C25H28N4O2S. The van der Waals surface area contributed by atoms with Crippen molar-refractivity contribution >= 4 is 40.2 Å². The quantitative estimate of drug-likeness (QED) is 0.661. The predicted molar refractivity (Wildman–Crippen MR) is 129 cm³/mol. The third kappa shape index (κ3) is 4.27. The number of aromatic amines is 1. The number of nitrogens with zero attached hydrogens (tertiary/aromatic N) is 3. The van der Waals surface area contributed by atoms with Crippen LogP contribution in [0.5, 0.6) is 0 Å². The van der Waals surface area contributed by atoms with Gasteiger partial charge in [-0.05, 0) is 30.7 Å². The normalized spacial score (nSPS) is 19.6. The zero-order valence-corrected chi connectivity index (χ0v) is 19.1. The number of carbonyl (C=O) groups is 2. The fourth-order valence-electron chi connectivity index (χ4n) is 4.49. The van der Waals surface area contributed by atoms with Crippen molar-refractivity contribution in [3.63, 3.8) is 0 Å². The standard InChI is InChI=1S/C25H28N4O2S/c1-18-10-11-29(22-8-4-5-9-23(22)32-18)24(30)17-27-12-14-28(15-13-27)25(31)21-16-19-6-2-3-7-20(19)26-21/h2-9,16,18,26H,10-15,17H2,1H3. The Morgan fingerprint density at radius 3 is 2.56 bits per heavy atom. The van der Waals surface area contributed by atoms with Gasteiger partial charge in [-0.3, -0.25) is 14.5 Å². The lowest BCUT2D eigenvalue weighted by Crippen LogP contribution is -2.51. The fraction of sp³-hybridized carbons (Fsp3) is 0.360. The zero-order chi connectivity index (χ0) is 22.1. The maximum atomic E-state index is 13.2. The molecule has 1 saturated heterocycles. The van der Waals surface area contributed by atoms with E-state index in [0.717, 1.165) is 29.6 Å². The summed E-state index contributed by atoms with van der Waals surface area (Å²) in [6.07, 6.45) is 0.984. The molecule has 32 heavy (non-hydrogen) atoms. The molecule has 1 fully saturated rings. The largest absolute Gasteiger partial charge is 0.351 e. The Hall–Kier alpha value is -2.77. The highest BCUT2D eigenvalue weighted by atomic mass is 32.2. The van der Waals surface area contributed by atoms with Crippen LogP contribution < -0.4 is 4.90 Å². The first-order chi connectivity index (χ1) is 15.6. The number of thioether (sulfide) groups is 1. The summed E-state index contributed by atoms with van der Waals surface area (Å²) in [6, 6.07) is 18.0. The second-order valence-electron chi connectivity index (χ2n) is 8.57. The number of amides is 2. The van der Waals surface area contributed by atoms with E-state index in [4.69, 9.17) is 0 Å². The van der Waals surface area contributed by atoms with Gasteiger partial charge in [-0.25, -0.2) is 0 Å². The van der Waals surface area contributed by atoms with Crippen molar-refractivity contribution in [2.24, 2.45) is 0 Å². The van der Waals surface area contributed by atoms with Crippen LogP contribution in [-0.4, -0.2) is 71.1 Å². The number of piperazine rings is 1. The molecule has 0 radical (unpaired) electrons. The lowest BCUT2D eigenvalue weighted by atomic mass is 10.2. The summed E-state index contributed by atoms with van der Waals surface area (Å²) < 4.78 is 0. The Balaban J connectivity index is 1.20. The van der Waals surface area contributed by atoms with E-state index in [9.17, 15) is 9.59 Å². The Labute approximate surface area is 192 Å². The van der Waals surface area contributed by atoms with E-state index in [2.05, 4.69) is 28.9 Å². The van der Waals surface area contributed by atoms with Gasteiger partial charge in [0.2, 0.25) is 5.91 Å². The molecule has 3 aromatic rings. The lowest BCUT2D eigenvalue weighted by molar-refractivity contribution is -0.120. The maximum absolute atomic E-state index is 13.2. The van der Waals surface area contributed by atoms with E-state index < -0.39 is 0 Å². The van der Waals surface area contributed by atoms with Crippen molar-refractivity contribution in [2.75, 3.05) is 44.2 Å². The van der Waals surface area contributed by atoms with Gasteiger partial charge in [0.25, 0.3) is 5.91 Å². The fourth-order valence-corrected chi connectivity index (χ4v) is 5.60. The number of para-hydroxylation sites is 2. The number of aromatic nitrogens is 1. The third-order valence-electron chi connectivity index (χ3n) is 6.32. The summed E-state index contributed by atoms with van der Waals surface area (Å²) in [5, 5.41) is 1.54. The Bertz CT molecular complexity index is 1100. The first kappa shape index (κ1) is 21.1. The highest BCUT2D eigenvalue weighted by Gasteiger charge is 2.28. The molecule has 2 amide bonds. The molecule has 166 valence electrons. The smallest absolute Gasteiger partial charge is 0.270 e. The maximum Gasteiger partial charge on any atom is 0.270 e. The molecule has 6 nitrogen and oxygen atoms in total. The van der Waals surface area contributed by atoms with E-state index >= 15 is 0 Å². The van der Waals surface area contributed by atoms with Gasteiger partial charge < -0.3 is 14.8 Å². The van der Waals surface area contributed by atoms with Crippen molar-refractivity contribution < 1.29 is 9.59 Å². The number of rotatable bonds is 3. The number of benzene rings is 2. The Morgan fingerprint density at radius 1 is 1.00 bits per heavy atom. The van der Waals surface area contributed by atoms with E-state index in [1.165, 1.54) is 4.90 Å². The molecule has 1 atom stereocenters. The van der Waals surface area contributed by atoms with Gasteiger partial charge in [0.1, 0.15) is 5.69 Å². The van der Waals surface area contributed by atoms with E-state index in [1.54, 1.807) is 0 Å². The summed E-state index contributed by atoms with van der Waals surface area (Å²) in [4.78, 5) is 36.6. The molecule has 1 unspecified atom stereocenters. The number of nitrogens with one attached hydrogen (secondary N) is 1. The average Bonchev–Trinajstić information content (AvgIpc) is 3.16. The number of hydrogen-bond acceptors (Lipinski definition) is 4.